The molecule has 98 valence electrons. The molecule has 0 aliphatic rings. The van der Waals surface area contributed by atoms with E-state index in [0.29, 0.717) is 0 Å². The third-order valence-electron chi connectivity index (χ3n) is 2.78. The van der Waals surface area contributed by atoms with Gasteiger partial charge in [0.15, 0.2) is 0 Å². The molecule has 0 fully saturated rings. The van der Waals surface area contributed by atoms with E-state index in [1.54, 1.807) is 6.92 Å². The lowest BCUT2D eigenvalue weighted by molar-refractivity contribution is -0.141. The molecule has 0 aliphatic heterocycles. The zero-order chi connectivity index (χ0) is 13.9. The molecule has 0 radical (unpaired) electrons. The van der Waals surface area contributed by atoms with Crippen molar-refractivity contribution in [2.45, 2.75) is 19.9 Å². The maximum atomic E-state index is 13.6. The summed E-state index contributed by atoms with van der Waals surface area (Å²) >= 11 is 0. The topological polar surface area (TPSA) is 92.4 Å². The Morgan fingerprint density at radius 2 is 2.00 bits per heavy atom. The van der Waals surface area contributed by atoms with Crippen molar-refractivity contribution in [3.63, 3.8) is 0 Å². The number of primary amides is 1. The average molecular weight is 254 g/mol. The van der Waals surface area contributed by atoms with Crippen molar-refractivity contribution in [1.82, 2.24) is 0 Å². The van der Waals surface area contributed by atoms with Crippen molar-refractivity contribution in [1.29, 1.82) is 0 Å². The highest BCUT2D eigenvalue weighted by Gasteiger charge is 2.20. The number of nitrogens with one attached hydrogen (secondary N) is 1. The average Bonchev–Trinajstić information content (AvgIpc) is 2.30. The van der Waals surface area contributed by atoms with E-state index in [2.05, 4.69) is 5.32 Å². The van der Waals surface area contributed by atoms with Gasteiger partial charge >= 0.3 is 5.97 Å². The van der Waals surface area contributed by atoms with Crippen LogP contribution in [0.5, 0.6) is 0 Å². The second-order valence-electron chi connectivity index (χ2n) is 4.12. The smallest absolute Gasteiger partial charge is 0.308 e. The number of nitrogens with two attached hydrogens (primary N) is 1. The quantitative estimate of drug-likeness (QED) is 0.741. The maximum Gasteiger partial charge on any atom is 0.308 e. The number of aliphatic carboxylic acids is 1. The van der Waals surface area contributed by atoms with Gasteiger partial charge < -0.3 is 16.2 Å². The molecule has 1 aromatic rings. The fourth-order valence-electron chi connectivity index (χ4n) is 1.37. The predicted molar refractivity (Wildman–Crippen MR) is 64.8 cm³/mol. The lowest BCUT2D eigenvalue weighted by atomic mass is 10.0. The molecule has 4 N–H and O–H groups in total. The van der Waals surface area contributed by atoms with Crippen LogP contribution in [0.15, 0.2) is 18.2 Å². The molecule has 0 saturated heterocycles. The van der Waals surface area contributed by atoms with Gasteiger partial charge in [0.25, 0.3) is 0 Å². The van der Waals surface area contributed by atoms with Crippen LogP contribution in [0.3, 0.4) is 0 Å². The molecule has 18 heavy (non-hydrogen) atoms. The van der Waals surface area contributed by atoms with Crippen LogP contribution < -0.4 is 11.1 Å². The van der Waals surface area contributed by atoms with Gasteiger partial charge in [-0.15, -0.1) is 0 Å². The van der Waals surface area contributed by atoms with Gasteiger partial charge in [-0.1, -0.05) is 0 Å². The summed E-state index contributed by atoms with van der Waals surface area (Å²) in [4.78, 5) is 21.6. The number of hydrogen-bond donors (Lipinski definition) is 3. The van der Waals surface area contributed by atoms with E-state index >= 15 is 0 Å². The first kappa shape index (κ1) is 14.0. The van der Waals surface area contributed by atoms with Crippen molar-refractivity contribution in [2.75, 3.05) is 5.32 Å². The highest BCUT2D eigenvalue weighted by atomic mass is 19.1. The zero-order valence-corrected chi connectivity index (χ0v) is 10.1. The Bertz CT molecular complexity index is 476. The number of carboxylic acid groups (broad SMARTS) is 1. The number of carboxylic acids is 1. The number of carbonyl (C=O) groups is 2. The maximum absolute atomic E-state index is 13.6. The van der Waals surface area contributed by atoms with Crippen LogP contribution in [-0.2, 0) is 4.79 Å². The summed E-state index contributed by atoms with van der Waals surface area (Å²) in [5.41, 5.74) is 5.22. The molecule has 0 aromatic heterocycles. The largest absolute Gasteiger partial charge is 0.481 e. The van der Waals surface area contributed by atoms with Crippen LogP contribution in [0.25, 0.3) is 0 Å². The first-order chi connectivity index (χ1) is 8.32. The second-order valence-corrected chi connectivity index (χ2v) is 4.12. The first-order valence-electron chi connectivity index (χ1n) is 5.41. The van der Waals surface area contributed by atoms with E-state index in [1.165, 1.54) is 19.1 Å². The summed E-state index contributed by atoms with van der Waals surface area (Å²) in [5, 5.41) is 11.6. The number of anilines is 1. The number of halogens is 1. The summed E-state index contributed by atoms with van der Waals surface area (Å²) in [6.45, 7) is 3.16. The predicted octanol–water partition coefficient (Wildman–Crippen LogP) is 1.45. The minimum Gasteiger partial charge on any atom is -0.481 e. The lowest BCUT2D eigenvalue weighted by Crippen LogP contribution is -2.30. The fourth-order valence-corrected chi connectivity index (χ4v) is 1.37. The SMILES string of the molecule is CC(Nc1ccc(C(N)=O)cc1F)C(C)C(=O)O. The standard InChI is InChI=1S/C12H15FN2O3/c1-6(12(17)18)7(2)15-10-4-3-8(11(14)16)5-9(10)13/h3-7,15H,1-2H3,(H2,14,16)(H,17,18). The second kappa shape index (κ2) is 5.48. The first-order valence-corrected chi connectivity index (χ1v) is 5.41. The highest BCUT2D eigenvalue weighted by molar-refractivity contribution is 5.93. The van der Waals surface area contributed by atoms with Gasteiger partial charge in [-0.05, 0) is 32.0 Å². The van der Waals surface area contributed by atoms with Gasteiger partial charge in [-0.25, -0.2) is 4.39 Å². The van der Waals surface area contributed by atoms with Gasteiger partial charge in [-0.2, -0.15) is 0 Å². The van der Waals surface area contributed by atoms with Crippen molar-refractivity contribution >= 4 is 17.6 Å². The minimum atomic E-state index is -0.968. The van der Waals surface area contributed by atoms with Crippen LogP contribution in [0, 0.1) is 11.7 Å². The van der Waals surface area contributed by atoms with E-state index in [9.17, 15) is 14.0 Å². The van der Waals surface area contributed by atoms with Crippen molar-refractivity contribution in [2.24, 2.45) is 11.7 Å². The highest BCUT2D eigenvalue weighted by Crippen LogP contribution is 2.18. The molecule has 0 spiro atoms. The van der Waals surface area contributed by atoms with E-state index < -0.39 is 29.7 Å². The monoisotopic (exact) mass is 254 g/mol. The number of rotatable bonds is 5. The van der Waals surface area contributed by atoms with Crippen molar-refractivity contribution < 1.29 is 19.1 Å². The van der Waals surface area contributed by atoms with Crippen LogP contribution in [-0.4, -0.2) is 23.0 Å². The van der Waals surface area contributed by atoms with Crippen LogP contribution >= 0.6 is 0 Å². The van der Waals surface area contributed by atoms with Gasteiger partial charge in [0.2, 0.25) is 5.91 Å². The molecular formula is C12H15FN2O3. The minimum absolute atomic E-state index is 0.0667. The third kappa shape index (κ3) is 3.19. The van der Waals surface area contributed by atoms with E-state index in [0.717, 1.165) is 6.07 Å². The Morgan fingerprint density at radius 3 is 2.44 bits per heavy atom. The molecule has 0 bridgehead atoms. The molecule has 2 unspecified atom stereocenters. The number of hydrogen-bond acceptors (Lipinski definition) is 3. The normalized spacial score (nSPS) is 13.7. The summed E-state index contributed by atoms with van der Waals surface area (Å²) in [6.07, 6.45) is 0. The molecule has 0 saturated carbocycles. The summed E-state index contributed by atoms with van der Waals surface area (Å²) < 4.78 is 13.6. The molecule has 1 amide bonds. The van der Waals surface area contributed by atoms with Crippen LogP contribution in [0.2, 0.25) is 0 Å². The number of amides is 1. The third-order valence-corrected chi connectivity index (χ3v) is 2.78. The molecule has 5 nitrogen and oxygen atoms in total. The van der Waals surface area contributed by atoms with Gasteiger partial charge in [-0.3, -0.25) is 9.59 Å². The Morgan fingerprint density at radius 1 is 1.39 bits per heavy atom. The van der Waals surface area contributed by atoms with Crippen LogP contribution in [0.4, 0.5) is 10.1 Å². The Kier molecular flexibility index (Phi) is 4.25. The van der Waals surface area contributed by atoms with Crippen LogP contribution in [0.1, 0.15) is 24.2 Å². The lowest BCUT2D eigenvalue weighted by Gasteiger charge is -2.19. The molecule has 2 atom stereocenters. The van der Waals surface area contributed by atoms with Crippen molar-refractivity contribution in [3.05, 3.63) is 29.6 Å². The fraction of sp³-hybridized carbons (Fsp3) is 0.333. The number of benzene rings is 1. The number of carbonyl (C=O) groups excluding carboxylic acids is 1. The van der Waals surface area contributed by atoms with E-state index in [4.69, 9.17) is 10.8 Å². The Balaban J connectivity index is 2.86. The Labute approximate surface area is 104 Å². The molecule has 6 heteroatoms. The molecule has 1 rings (SSSR count). The molecular weight excluding hydrogens is 239 g/mol. The van der Waals surface area contributed by atoms with Crippen molar-refractivity contribution in [3.8, 4) is 0 Å². The van der Waals surface area contributed by atoms with Gasteiger partial charge in [0.05, 0.1) is 11.6 Å². The molecule has 1 aromatic carbocycles. The molecule has 0 heterocycles. The molecule has 0 aliphatic carbocycles. The van der Waals surface area contributed by atoms with E-state index in [1.807, 2.05) is 0 Å². The Hall–Kier alpha value is -2.11. The summed E-state index contributed by atoms with van der Waals surface area (Å²) in [7, 11) is 0. The van der Waals surface area contributed by atoms with Gasteiger partial charge in [0.1, 0.15) is 5.82 Å². The van der Waals surface area contributed by atoms with Gasteiger partial charge in [0, 0.05) is 11.6 Å². The zero-order valence-electron chi connectivity index (χ0n) is 10.1. The van der Waals surface area contributed by atoms with E-state index in [-0.39, 0.29) is 11.3 Å². The summed E-state index contributed by atoms with van der Waals surface area (Å²) in [5.74, 6) is -2.99. The summed E-state index contributed by atoms with van der Waals surface area (Å²) in [6, 6.07) is 3.31.